The number of carbonyl (C=O) groups is 2. The van der Waals surface area contributed by atoms with Gasteiger partial charge in [-0.05, 0) is 48.0 Å². The maximum Gasteiger partial charge on any atom is 0.414 e. The van der Waals surface area contributed by atoms with Gasteiger partial charge in [0.25, 0.3) is 5.91 Å². The summed E-state index contributed by atoms with van der Waals surface area (Å²) in [6.07, 6.45) is -0.512. The summed E-state index contributed by atoms with van der Waals surface area (Å²) in [5.41, 5.74) is 9.64. The summed E-state index contributed by atoms with van der Waals surface area (Å²) in [6, 6.07) is 19.2. The smallest absolute Gasteiger partial charge is 0.414 e. The first kappa shape index (κ1) is 26.0. The van der Waals surface area contributed by atoms with Crippen molar-refractivity contribution in [3.8, 4) is 0 Å². The first-order valence-corrected chi connectivity index (χ1v) is 12.7. The molecular formula is C28H30N6O5. The molecule has 1 fully saturated rings. The lowest BCUT2D eigenvalue weighted by Gasteiger charge is -2.27. The van der Waals surface area contributed by atoms with E-state index in [2.05, 4.69) is 20.2 Å². The van der Waals surface area contributed by atoms with Crippen LogP contribution in [-0.4, -0.2) is 66.3 Å². The Morgan fingerprint density at radius 2 is 1.74 bits per heavy atom. The Labute approximate surface area is 224 Å². The molecule has 2 amide bonds. The number of benzene rings is 3. The first-order valence-electron chi connectivity index (χ1n) is 12.7. The van der Waals surface area contributed by atoms with E-state index in [1.54, 1.807) is 66.7 Å². The second-order valence-electron chi connectivity index (χ2n) is 9.20. The van der Waals surface area contributed by atoms with Gasteiger partial charge in [-0.25, -0.2) is 9.59 Å². The van der Waals surface area contributed by atoms with Crippen LogP contribution in [0.3, 0.4) is 0 Å². The van der Waals surface area contributed by atoms with E-state index < -0.39 is 6.09 Å². The normalized spacial score (nSPS) is 13.7. The molecule has 11 nitrogen and oxygen atoms in total. The van der Waals surface area contributed by atoms with Crippen molar-refractivity contribution in [2.45, 2.75) is 6.54 Å². The van der Waals surface area contributed by atoms with Gasteiger partial charge in [-0.3, -0.25) is 14.6 Å². The van der Waals surface area contributed by atoms with E-state index >= 15 is 0 Å². The number of nitrogens with two attached hydrogens (primary N) is 1. The van der Waals surface area contributed by atoms with Crippen LogP contribution in [0.2, 0.25) is 0 Å². The van der Waals surface area contributed by atoms with Crippen LogP contribution in [0.4, 0.5) is 21.9 Å². The number of nitrogens with one attached hydrogen (secondary N) is 3. The van der Waals surface area contributed by atoms with Gasteiger partial charge in [-0.1, -0.05) is 24.3 Å². The van der Waals surface area contributed by atoms with Gasteiger partial charge in [0.1, 0.15) is 6.61 Å². The Morgan fingerprint density at radius 1 is 1.00 bits per heavy atom. The van der Waals surface area contributed by atoms with Crippen LogP contribution in [0, 0.1) is 0 Å². The third kappa shape index (κ3) is 6.46. The second kappa shape index (κ2) is 11.8. The predicted molar refractivity (Wildman–Crippen MR) is 149 cm³/mol. The van der Waals surface area contributed by atoms with Crippen molar-refractivity contribution in [2.75, 3.05) is 55.4 Å². The number of imidazole rings is 1. The Bertz CT molecular complexity index is 1510. The highest BCUT2D eigenvalue weighted by Crippen LogP contribution is 2.23. The zero-order valence-electron chi connectivity index (χ0n) is 21.3. The highest BCUT2D eigenvalue weighted by Gasteiger charge is 2.20. The number of para-hydroxylation sites is 2. The molecule has 0 bridgehead atoms. The zero-order valence-corrected chi connectivity index (χ0v) is 21.3. The highest BCUT2D eigenvalue weighted by atomic mass is 16.6. The minimum Gasteiger partial charge on any atom is -0.448 e. The van der Waals surface area contributed by atoms with E-state index in [0.29, 0.717) is 53.4 Å². The van der Waals surface area contributed by atoms with Gasteiger partial charge < -0.3 is 30.5 Å². The van der Waals surface area contributed by atoms with Gasteiger partial charge in [-0.15, -0.1) is 0 Å². The van der Waals surface area contributed by atoms with Crippen molar-refractivity contribution in [1.82, 2.24) is 14.9 Å². The number of ether oxygens (including phenoxy) is 2. The van der Waals surface area contributed by atoms with Gasteiger partial charge in [0.15, 0.2) is 0 Å². The molecule has 4 aromatic rings. The van der Waals surface area contributed by atoms with Crippen LogP contribution in [0.5, 0.6) is 0 Å². The number of carbonyl (C=O) groups excluding carboxylic acids is 2. The lowest BCUT2D eigenvalue weighted by molar-refractivity contribution is 0.0285. The fraction of sp³-hybridized carbons (Fsp3) is 0.250. The van der Waals surface area contributed by atoms with Crippen LogP contribution in [0.25, 0.3) is 11.0 Å². The van der Waals surface area contributed by atoms with Gasteiger partial charge in [0.05, 0.1) is 42.2 Å². The molecule has 0 spiro atoms. The topological polar surface area (TPSA) is 146 Å². The number of anilines is 3. The van der Waals surface area contributed by atoms with Crippen LogP contribution in [-0.2, 0) is 16.0 Å². The van der Waals surface area contributed by atoms with Crippen molar-refractivity contribution < 1.29 is 19.1 Å². The van der Waals surface area contributed by atoms with Crippen molar-refractivity contribution in [3.05, 3.63) is 88.3 Å². The number of H-pyrrole nitrogens is 2. The van der Waals surface area contributed by atoms with E-state index in [-0.39, 0.29) is 24.7 Å². The summed E-state index contributed by atoms with van der Waals surface area (Å²) >= 11 is 0. The fourth-order valence-electron chi connectivity index (χ4n) is 4.36. The summed E-state index contributed by atoms with van der Waals surface area (Å²) in [5.74, 6) is -0.291. The standard InChI is InChI=1S/C28H30N6O5/c29-22-3-1-2-4-23(22)30-26(35)20-7-5-19(6-8-20)18-34(21-9-10-24-25(17-21)32-27(36)31-24)28(37)39-16-13-33-11-14-38-15-12-33/h1-10,17H,11-16,18,29H2,(H,30,35)(H2,31,32,36). The molecule has 0 aliphatic carbocycles. The van der Waals surface area contributed by atoms with E-state index in [0.717, 1.165) is 18.7 Å². The Morgan fingerprint density at radius 3 is 2.51 bits per heavy atom. The van der Waals surface area contributed by atoms with E-state index in [9.17, 15) is 14.4 Å². The third-order valence-corrected chi connectivity index (χ3v) is 6.53. The molecule has 1 saturated heterocycles. The number of nitrogens with zero attached hydrogens (tertiary/aromatic N) is 2. The molecule has 0 radical (unpaired) electrons. The number of aromatic nitrogens is 2. The minimum absolute atomic E-state index is 0.198. The van der Waals surface area contributed by atoms with Crippen LogP contribution in [0.15, 0.2) is 71.5 Å². The molecule has 0 unspecified atom stereocenters. The molecule has 1 aromatic heterocycles. The van der Waals surface area contributed by atoms with E-state index in [1.165, 1.54) is 4.90 Å². The molecule has 11 heteroatoms. The minimum atomic E-state index is -0.512. The predicted octanol–water partition coefficient (Wildman–Crippen LogP) is 3.17. The van der Waals surface area contributed by atoms with Gasteiger partial charge in [0, 0.05) is 30.9 Å². The molecule has 0 saturated carbocycles. The molecule has 1 aliphatic rings. The SMILES string of the molecule is Nc1ccccc1NC(=O)c1ccc(CN(C(=O)OCCN2CCOCC2)c2ccc3[nH]c(=O)[nH]c3c2)cc1. The summed E-state index contributed by atoms with van der Waals surface area (Å²) < 4.78 is 11.0. The van der Waals surface area contributed by atoms with Crippen molar-refractivity contribution in [1.29, 1.82) is 0 Å². The molecule has 3 aromatic carbocycles. The molecule has 2 heterocycles. The molecule has 202 valence electrons. The zero-order chi connectivity index (χ0) is 27.2. The molecule has 5 N–H and O–H groups in total. The lowest BCUT2D eigenvalue weighted by Crippen LogP contribution is -2.39. The van der Waals surface area contributed by atoms with Crippen LogP contribution >= 0.6 is 0 Å². The number of aromatic amines is 2. The number of hydrogen-bond donors (Lipinski definition) is 4. The first-order chi connectivity index (χ1) is 19.0. The maximum absolute atomic E-state index is 13.2. The Kier molecular flexibility index (Phi) is 7.90. The Balaban J connectivity index is 1.31. The third-order valence-electron chi connectivity index (χ3n) is 6.53. The van der Waals surface area contributed by atoms with Crippen molar-refractivity contribution in [3.63, 3.8) is 0 Å². The van der Waals surface area contributed by atoms with Crippen molar-refractivity contribution >= 4 is 40.1 Å². The Hall–Kier alpha value is -4.61. The number of morpholine rings is 1. The lowest BCUT2D eigenvalue weighted by atomic mass is 10.1. The number of hydrogen-bond acceptors (Lipinski definition) is 7. The number of nitrogen functional groups attached to an aromatic ring is 1. The largest absolute Gasteiger partial charge is 0.448 e. The summed E-state index contributed by atoms with van der Waals surface area (Å²) in [6.45, 7) is 3.99. The molecule has 39 heavy (non-hydrogen) atoms. The monoisotopic (exact) mass is 530 g/mol. The average Bonchev–Trinajstić information content (AvgIpc) is 3.33. The molecule has 5 rings (SSSR count). The van der Waals surface area contributed by atoms with E-state index in [4.69, 9.17) is 15.2 Å². The van der Waals surface area contributed by atoms with Gasteiger partial charge in [-0.2, -0.15) is 0 Å². The van der Waals surface area contributed by atoms with E-state index in [1.807, 2.05) is 0 Å². The number of fused-ring (bicyclic) bond motifs is 1. The average molecular weight is 531 g/mol. The van der Waals surface area contributed by atoms with Gasteiger partial charge >= 0.3 is 11.8 Å². The highest BCUT2D eigenvalue weighted by molar-refractivity contribution is 6.05. The summed E-state index contributed by atoms with van der Waals surface area (Å²) in [7, 11) is 0. The maximum atomic E-state index is 13.2. The molecular weight excluding hydrogens is 500 g/mol. The second-order valence-corrected chi connectivity index (χ2v) is 9.20. The quantitative estimate of drug-likeness (QED) is 0.256. The van der Waals surface area contributed by atoms with Crippen LogP contribution < -0.4 is 21.6 Å². The number of amides is 2. The van der Waals surface area contributed by atoms with Gasteiger partial charge in [0.2, 0.25) is 0 Å². The van der Waals surface area contributed by atoms with Crippen LogP contribution in [0.1, 0.15) is 15.9 Å². The molecule has 0 atom stereocenters. The fourth-order valence-corrected chi connectivity index (χ4v) is 4.36. The molecule has 1 aliphatic heterocycles. The summed E-state index contributed by atoms with van der Waals surface area (Å²) in [4.78, 5) is 46.8. The summed E-state index contributed by atoms with van der Waals surface area (Å²) in [5, 5.41) is 2.81. The number of rotatable bonds is 8. The van der Waals surface area contributed by atoms with Crippen molar-refractivity contribution in [2.24, 2.45) is 0 Å².